The van der Waals surface area contributed by atoms with E-state index in [1.165, 1.54) is 18.0 Å². The van der Waals surface area contributed by atoms with E-state index < -0.39 is 17.5 Å². The molecule has 0 N–H and O–H groups in total. The number of ether oxygens (including phenoxy) is 2. The van der Waals surface area contributed by atoms with Crippen LogP contribution in [-0.2, 0) is 19.8 Å². The summed E-state index contributed by atoms with van der Waals surface area (Å²) in [6.07, 6.45) is 2.84. The third-order valence-corrected chi connectivity index (χ3v) is 3.43. The molecule has 0 saturated heterocycles. The van der Waals surface area contributed by atoms with E-state index in [4.69, 9.17) is 9.47 Å². The molecule has 6 nitrogen and oxygen atoms in total. The number of hydrogen-bond donors (Lipinski definition) is 0. The molecule has 118 valence electrons. The van der Waals surface area contributed by atoms with E-state index in [0.29, 0.717) is 12.3 Å². The van der Waals surface area contributed by atoms with Crippen LogP contribution in [0, 0.1) is 5.92 Å². The van der Waals surface area contributed by atoms with Crippen LogP contribution in [-0.4, -0.2) is 35.4 Å². The molecule has 0 radical (unpaired) electrons. The van der Waals surface area contributed by atoms with Gasteiger partial charge < -0.3 is 9.47 Å². The molecule has 1 heterocycles. The number of nitrogens with zero attached hydrogens (tertiary/aromatic N) is 2. The first-order chi connectivity index (χ1) is 9.86. The van der Waals surface area contributed by atoms with E-state index in [1.54, 1.807) is 19.9 Å². The third-order valence-electron chi connectivity index (χ3n) is 3.43. The fourth-order valence-electron chi connectivity index (χ4n) is 2.14. The second-order valence-electron chi connectivity index (χ2n) is 5.55. The summed E-state index contributed by atoms with van der Waals surface area (Å²) in [4.78, 5) is 24.2. The summed E-state index contributed by atoms with van der Waals surface area (Å²) in [6, 6.07) is 1.55. The quantitative estimate of drug-likeness (QED) is 0.722. The monoisotopic (exact) mass is 296 g/mol. The summed E-state index contributed by atoms with van der Waals surface area (Å²) in [7, 11) is 1.34. The molecule has 0 spiro atoms. The van der Waals surface area contributed by atoms with E-state index in [-0.39, 0.29) is 12.3 Å². The average Bonchev–Trinajstić information content (AvgIpc) is 2.94. The Morgan fingerprint density at radius 1 is 1.43 bits per heavy atom. The standard InChI is InChI=1S/C15H24N2O4/c1-6-21-13(18)12-8-10-16-17(12)15(4,14(19)20-5)9-7-11(2)3/h8,10-11H,6-7,9H2,1-5H3. The van der Waals surface area contributed by atoms with Crippen LogP contribution in [0.2, 0.25) is 0 Å². The van der Waals surface area contributed by atoms with Crippen molar-refractivity contribution in [1.29, 1.82) is 0 Å². The molecule has 0 bridgehead atoms. The number of carbonyl (C=O) groups is 2. The molecule has 1 atom stereocenters. The molecule has 0 aliphatic carbocycles. The van der Waals surface area contributed by atoms with Crippen LogP contribution in [0.1, 0.15) is 51.0 Å². The highest BCUT2D eigenvalue weighted by atomic mass is 16.5. The topological polar surface area (TPSA) is 70.4 Å². The maximum atomic E-state index is 12.2. The van der Waals surface area contributed by atoms with Crippen molar-refractivity contribution >= 4 is 11.9 Å². The lowest BCUT2D eigenvalue weighted by atomic mass is 9.91. The summed E-state index contributed by atoms with van der Waals surface area (Å²) in [6.45, 7) is 7.89. The number of rotatable bonds is 7. The average molecular weight is 296 g/mol. The lowest BCUT2D eigenvalue weighted by Gasteiger charge is -2.29. The fourth-order valence-corrected chi connectivity index (χ4v) is 2.14. The molecule has 1 rings (SSSR count). The zero-order valence-electron chi connectivity index (χ0n) is 13.4. The van der Waals surface area contributed by atoms with Crippen molar-refractivity contribution in [2.75, 3.05) is 13.7 Å². The van der Waals surface area contributed by atoms with Gasteiger partial charge in [-0.05, 0) is 38.7 Å². The smallest absolute Gasteiger partial charge is 0.356 e. The Kier molecular flexibility index (Phi) is 5.93. The van der Waals surface area contributed by atoms with E-state index in [1.807, 2.05) is 0 Å². The van der Waals surface area contributed by atoms with Crippen LogP contribution >= 0.6 is 0 Å². The normalized spacial score (nSPS) is 13.8. The summed E-state index contributed by atoms with van der Waals surface area (Å²) in [5.41, 5.74) is -0.765. The first-order valence-corrected chi connectivity index (χ1v) is 7.16. The number of methoxy groups -OCH3 is 1. The molecule has 0 saturated carbocycles. The first-order valence-electron chi connectivity index (χ1n) is 7.16. The second kappa shape index (κ2) is 7.24. The van der Waals surface area contributed by atoms with Crippen molar-refractivity contribution in [3.63, 3.8) is 0 Å². The van der Waals surface area contributed by atoms with Crippen LogP contribution < -0.4 is 0 Å². The van der Waals surface area contributed by atoms with Crippen molar-refractivity contribution in [3.8, 4) is 0 Å². The Hall–Kier alpha value is -1.85. The summed E-state index contributed by atoms with van der Waals surface area (Å²) in [5, 5.41) is 4.15. The zero-order valence-corrected chi connectivity index (χ0v) is 13.4. The van der Waals surface area contributed by atoms with Crippen molar-refractivity contribution in [2.24, 2.45) is 5.92 Å². The molecular weight excluding hydrogens is 272 g/mol. The summed E-state index contributed by atoms with van der Waals surface area (Å²) >= 11 is 0. The third kappa shape index (κ3) is 3.83. The Morgan fingerprint density at radius 3 is 2.62 bits per heavy atom. The maximum Gasteiger partial charge on any atom is 0.356 e. The van der Waals surface area contributed by atoms with Gasteiger partial charge in [0.25, 0.3) is 0 Å². The van der Waals surface area contributed by atoms with Gasteiger partial charge in [0.15, 0.2) is 5.54 Å². The molecule has 0 aliphatic heterocycles. The van der Waals surface area contributed by atoms with Gasteiger partial charge in [-0.25, -0.2) is 14.3 Å². The molecule has 0 aromatic carbocycles. The molecule has 0 aliphatic rings. The second-order valence-corrected chi connectivity index (χ2v) is 5.55. The van der Waals surface area contributed by atoms with Gasteiger partial charge in [0.2, 0.25) is 0 Å². The number of hydrogen-bond acceptors (Lipinski definition) is 5. The van der Waals surface area contributed by atoms with Gasteiger partial charge in [0.05, 0.1) is 13.7 Å². The minimum atomic E-state index is -1.02. The Labute approximate surface area is 125 Å². The van der Waals surface area contributed by atoms with Gasteiger partial charge in [0.1, 0.15) is 5.69 Å². The number of carbonyl (C=O) groups excluding carboxylic acids is 2. The summed E-state index contributed by atoms with van der Waals surface area (Å²) in [5.74, 6) is -0.484. The van der Waals surface area contributed by atoms with E-state index >= 15 is 0 Å². The highest BCUT2D eigenvalue weighted by Gasteiger charge is 2.39. The van der Waals surface area contributed by atoms with Crippen LogP contribution in [0.4, 0.5) is 0 Å². The molecule has 1 aromatic rings. The zero-order chi connectivity index (χ0) is 16.0. The molecule has 1 unspecified atom stereocenters. The first kappa shape index (κ1) is 17.2. The van der Waals surface area contributed by atoms with Crippen LogP contribution in [0.15, 0.2) is 12.3 Å². The van der Waals surface area contributed by atoms with Crippen molar-refractivity contribution < 1.29 is 19.1 Å². The van der Waals surface area contributed by atoms with E-state index in [0.717, 1.165) is 6.42 Å². The minimum absolute atomic E-state index is 0.258. The maximum absolute atomic E-state index is 12.2. The van der Waals surface area contributed by atoms with Crippen LogP contribution in [0.5, 0.6) is 0 Å². The molecule has 0 amide bonds. The SMILES string of the molecule is CCOC(=O)c1ccnn1C(C)(CCC(C)C)C(=O)OC. The van der Waals surface area contributed by atoms with Gasteiger partial charge in [-0.1, -0.05) is 13.8 Å². The lowest BCUT2D eigenvalue weighted by Crippen LogP contribution is -2.42. The number of esters is 2. The molecule has 21 heavy (non-hydrogen) atoms. The molecule has 0 fully saturated rings. The van der Waals surface area contributed by atoms with Crippen molar-refractivity contribution in [2.45, 2.75) is 46.1 Å². The van der Waals surface area contributed by atoms with Crippen LogP contribution in [0.3, 0.4) is 0 Å². The molecular formula is C15H24N2O4. The van der Waals surface area contributed by atoms with Gasteiger partial charge in [-0.15, -0.1) is 0 Å². The van der Waals surface area contributed by atoms with Crippen molar-refractivity contribution in [3.05, 3.63) is 18.0 Å². The summed E-state index contributed by atoms with van der Waals surface area (Å²) < 4.78 is 11.3. The predicted molar refractivity (Wildman–Crippen MR) is 77.9 cm³/mol. The predicted octanol–water partition coefficient (Wildman–Crippen LogP) is 2.38. The van der Waals surface area contributed by atoms with Crippen molar-refractivity contribution in [1.82, 2.24) is 9.78 Å². The van der Waals surface area contributed by atoms with Gasteiger partial charge in [-0.2, -0.15) is 5.10 Å². The van der Waals surface area contributed by atoms with E-state index in [2.05, 4.69) is 18.9 Å². The van der Waals surface area contributed by atoms with E-state index in [9.17, 15) is 9.59 Å². The highest BCUT2D eigenvalue weighted by molar-refractivity contribution is 5.89. The molecule has 6 heteroatoms. The van der Waals surface area contributed by atoms with Gasteiger partial charge >= 0.3 is 11.9 Å². The Balaban J connectivity index is 3.18. The Bertz CT molecular complexity index is 496. The lowest BCUT2D eigenvalue weighted by molar-refractivity contribution is -0.151. The number of aromatic nitrogens is 2. The van der Waals surface area contributed by atoms with Crippen LogP contribution in [0.25, 0.3) is 0 Å². The molecule has 1 aromatic heterocycles. The fraction of sp³-hybridized carbons (Fsp3) is 0.667. The minimum Gasteiger partial charge on any atom is -0.467 e. The van der Waals surface area contributed by atoms with Gasteiger partial charge in [-0.3, -0.25) is 0 Å². The highest BCUT2D eigenvalue weighted by Crippen LogP contribution is 2.27. The Morgan fingerprint density at radius 2 is 2.10 bits per heavy atom. The van der Waals surface area contributed by atoms with Gasteiger partial charge in [0, 0.05) is 6.20 Å². The largest absolute Gasteiger partial charge is 0.467 e.